The van der Waals surface area contributed by atoms with E-state index in [-0.39, 0.29) is 25.4 Å². The van der Waals surface area contributed by atoms with Gasteiger partial charge in [0.2, 0.25) is 0 Å². The van der Waals surface area contributed by atoms with E-state index in [1.54, 1.807) is 0 Å². The smallest absolute Gasteiger partial charge is 0.404 e. The summed E-state index contributed by atoms with van der Waals surface area (Å²) < 4.78 is 8.78. The van der Waals surface area contributed by atoms with Crippen LogP contribution in [0.3, 0.4) is 0 Å². The van der Waals surface area contributed by atoms with E-state index in [0.29, 0.717) is 0 Å². The van der Waals surface area contributed by atoms with Gasteiger partial charge in [-0.15, -0.1) is 0 Å². The summed E-state index contributed by atoms with van der Waals surface area (Å²) in [5.41, 5.74) is 4.63. The van der Waals surface area contributed by atoms with Crippen LogP contribution in [0.25, 0.3) is 0 Å². The molecule has 0 atom stereocenters. The maximum Gasteiger partial charge on any atom is 0.404 e. The first-order valence-electron chi connectivity index (χ1n) is 3.59. The lowest BCUT2D eigenvalue weighted by Crippen LogP contribution is -2.18. The van der Waals surface area contributed by atoms with Gasteiger partial charge in [0, 0.05) is 0 Å². The van der Waals surface area contributed by atoms with Crippen molar-refractivity contribution in [1.82, 2.24) is 0 Å². The van der Waals surface area contributed by atoms with E-state index < -0.39 is 12.1 Å². The molecule has 0 saturated heterocycles. The monoisotopic (exact) mass is 189 g/mol. The van der Waals surface area contributed by atoms with Crippen LogP contribution in [-0.4, -0.2) is 31.1 Å². The molecule has 0 aliphatic rings. The molecule has 74 valence electrons. The first kappa shape index (κ1) is 11.4. The molecule has 0 unspecified atom stereocenters. The number of ketones is 1. The van der Waals surface area contributed by atoms with Crippen molar-refractivity contribution in [2.24, 2.45) is 5.73 Å². The van der Waals surface area contributed by atoms with Crippen LogP contribution in [0.4, 0.5) is 4.79 Å². The van der Waals surface area contributed by atoms with Crippen LogP contribution in [0.2, 0.25) is 0 Å². The maximum absolute atomic E-state index is 10.7. The highest BCUT2D eigenvalue weighted by Gasteiger charge is 2.05. The summed E-state index contributed by atoms with van der Waals surface area (Å²) in [6, 6.07) is 0. The van der Waals surface area contributed by atoms with E-state index in [1.165, 1.54) is 6.92 Å². The van der Waals surface area contributed by atoms with Crippen molar-refractivity contribution in [1.29, 1.82) is 0 Å². The Morgan fingerprint density at radius 2 is 1.69 bits per heavy atom. The van der Waals surface area contributed by atoms with E-state index in [4.69, 9.17) is 0 Å². The molecule has 13 heavy (non-hydrogen) atoms. The Hall–Kier alpha value is -1.59. The summed E-state index contributed by atoms with van der Waals surface area (Å²) in [5.74, 6) is -0.915. The molecule has 0 rings (SSSR count). The summed E-state index contributed by atoms with van der Waals surface area (Å²) in [5, 5.41) is 0. The van der Waals surface area contributed by atoms with Crippen LogP contribution in [0.5, 0.6) is 0 Å². The lowest BCUT2D eigenvalue weighted by atomic mass is 10.3. The standard InChI is InChI=1S/C7H11NO5/c1-5(9)4-6(10)12-2-3-13-7(8)11/h2-4H2,1H3,(H2,8,11). The molecule has 6 heteroatoms. The first-order chi connectivity index (χ1) is 6.02. The third-order valence-electron chi connectivity index (χ3n) is 0.984. The minimum absolute atomic E-state index is 0.0882. The molecule has 0 spiro atoms. The summed E-state index contributed by atoms with van der Waals surface area (Å²) in [4.78, 5) is 31.1. The second-order valence-corrected chi connectivity index (χ2v) is 2.27. The second kappa shape index (κ2) is 5.99. The van der Waals surface area contributed by atoms with Crippen LogP contribution < -0.4 is 5.73 Å². The number of carbonyl (C=O) groups excluding carboxylic acids is 3. The normalized spacial score (nSPS) is 9.00. The van der Waals surface area contributed by atoms with E-state index >= 15 is 0 Å². The summed E-state index contributed by atoms with van der Waals surface area (Å²) >= 11 is 0. The molecule has 6 nitrogen and oxygen atoms in total. The third kappa shape index (κ3) is 8.32. The fourth-order valence-electron chi connectivity index (χ4n) is 0.552. The van der Waals surface area contributed by atoms with E-state index in [9.17, 15) is 14.4 Å². The van der Waals surface area contributed by atoms with Crippen LogP contribution in [0, 0.1) is 0 Å². The van der Waals surface area contributed by atoms with Gasteiger partial charge in [-0.1, -0.05) is 0 Å². The topological polar surface area (TPSA) is 95.7 Å². The molecule has 2 N–H and O–H groups in total. The number of carbonyl (C=O) groups is 3. The van der Waals surface area contributed by atoms with E-state index in [0.717, 1.165) is 0 Å². The minimum atomic E-state index is -0.928. The SMILES string of the molecule is CC(=O)CC(=O)OCCOC(N)=O. The molecular formula is C7H11NO5. The zero-order valence-corrected chi connectivity index (χ0v) is 7.24. The lowest BCUT2D eigenvalue weighted by Gasteiger charge is -2.02. The Morgan fingerprint density at radius 1 is 1.15 bits per heavy atom. The fraction of sp³-hybridized carbons (Fsp3) is 0.571. The van der Waals surface area contributed by atoms with Crippen LogP contribution in [0.15, 0.2) is 0 Å². The maximum atomic E-state index is 10.7. The van der Waals surface area contributed by atoms with Gasteiger partial charge in [0.05, 0.1) is 0 Å². The molecule has 0 aromatic carbocycles. The van der Waals surface area contributed by atoms with Crippen molar-refractivity contribution in [3.05, 3.63) is 0 Å². The molecule has 0 aromatic rings. The molecule has 0 bridgehead atoms. The van der Waals surface area contributed by atoms with E-state index in [2.05, 4.69) is 15.2 Å². The van der Waals surface area contributed by atoms with Gasteiger partial charge in [-0.2, -0.15) is 0 Å². The molecule has 0 aliphatic carbocycles. The first-order valence-corrected chi connectivity index (χ1v) is 3.59. The van der Waals surface area contributed by atoms with Gasteiger partial charge >= 0.3 is 12.1 Å². The largest absolute Gasteiger partial charge is 0.462 e. The molecule has 0 heterocycles. The number of esters is 1. The average molecular weight is 189 g/mol. The minimum Gasteiger partial charge on any atom is -0.462 e. The summed E-state index contributed by atoms with van der Waals surface area (Å²) in [6.07, 6.45) is -1.20. The summed E-state index contributed by atoms with van der Waals surface area (Å²) in [6.45, 7) is 1.09. The highest BCUT2D eigenvalue weighted by molar-refractivity contribution is 5.94. The molecule has 1 amide bonds. The average Bonchev–Trinajstić information content (AvgIpc) is 1.96. The van der Waals surface area contributed by atoms with Gasteiger partial charge < -0.3 is 15.2 Å². The Balaban J connectivity index is 3.37. The number of nitrogens with two attached hydrogens (primary N) is 1. The second-order valence-electron chi connectivity index (χ2n) is 2.27. The van der Waals surface area contributed by atoms with Crippen molar-refractivity contribution < 1.29 is 23.9 Å². The van der Waals surface area contributed by atoms with Crippen LogP contribution in [-0.2, 0) is 19.1 Å². The predicted molar refractivity (Wildman–Crippen MR) is 41.8 cm³/mol. The van der Waals surface area contributed by atoms with Gasteiger partial charge in [0.25, 0.3) is 0 Å². The van der Waals surface area contributed by atoms with Crippen molar-refractivity contribution in [3.8, 4) is 0 Å². The zero-order valence-electron chi connectivity index (χ0n) is 7.24. The highest BCUT2D eigenvalue weighted by Crippen LogP contribution is 1.88. The van der Waals surface area contributed by atoms with Gasteiger partial charge in [-0.05, 0) is 6.92 Å². The van der Waals surface area contributed by atoms with Crippen molar-refractivity contribution in [3.63, 3.8) is 0 Å². The lowest BCUT2D eigenvalue weighted by molar-refractivity contribution is -0.146. The number of rotatable bonds is 5. The Morgan fingerprint density at radius 3 is 2.15 bits per heavy atom. The van der Waals surface area contributed by atoms with Crippen LogP contribution >= 0.6 is 0 Å². The molecule has 0 radical (unpaired) electrons. The van der Waals surface area contributed by atoms with Crippen molar-refractivity contribution in [2.75, 3.05) is 13.2 Å². The number of amides is 1. The van der Waals surface area contributed by atoms with Gasteiger partial charge in [-0.25, -0.2) is 4.79 Å². The Labute approximate surface area is 75.0 Å². The van der Waals surface area contributed by atoms with Crippen molar-refractivity contribution in [2.45, 2.75) is 13.3 Å². The molecular weight excluding hydrogens is 178 g/mol. The number of hydrogen-bond acceptors (Lipinski definition) is 5. The van der Waals surface area contributed by atoms with E-state index in [1.807, 2.05) is 0 Å². The zero-order chi connectivity index (χ0) is 10.3. The number of primary amides is 1. The fourth-order valence-corrected chi connectivity index (χ4v) is 0.552. The van der Waals surface area contributed by atoms with Gasteiger partial charge in [0.1, 0.15) is 25.4 Å². The number of Topliss-reactive ketones (excluding diaryl/α,β-unsaturated/α-hetero) is 1. The Kier molecular flexibility index (Phi) is 5.25. The quantitative estimate of drug-likeness (QED) is 0.360. The summed E-state index contributed by atoms with van der Waals surface area (Å²) in [7, 11) is 0. The highest BCUT2D eigenvalue weighted by atomic mass is 16.6. The number of ether oxygens (including phenoxy) is 2. The Bertz CT molecular complexity index is 213. The van der Waals surface area contributed by atoms with Crippen molar-refractivity contribution >= 4 is 17.8 Å². The molecule has 0 aliphatic heterocycles. The molecule has 0 fully saturated rings. The van der Waals surface area contributed by atoms with Gasteiger partial charge in [-0.3, -0.25) is 9.59 Å². The predicted octanol–water partition coefficient (Wildman–Crippen LogP) is -0.396. The third-order valence-corrected chi connectivity index (χ3v) is 0.984. The molecule has 0 saturated carbocycles. The number of hydrogen-bond donors (Lipinski definition) is 1. The molecule has 0 aromatic heterocycles. The van der Waals surface area contributed by atoms with Crippen LogP contribution in [0.1, 0.15) is 13.3 Å². The van der Waals surface area contributed by atoms with Gasteiger partial charge in [0.15, 0.2) is 0 Å².